The van der Waals surface area contributed by atoms with Crippen LogP contribution in [0.1, 0.15) is 0 Å². The number of aromatic nitrogens is 2. The lowest BCUT2D eigenvalue weighted by Gasteiger charge is -2.19. The summed E-state index contributed by atoms with van der Waals surface area (Å²) >= 11 is 0. The molecule has 1 aliphatic heterocycles. The van der Waals surface area contributed by atoms with E-state index in [2.05, 4.69) is 158 Å². The van der Waals surface area contributed by atoms with Crippen LogP contribution >= 0.6 is 0 Å². The largest absolute Gasteiger partial charge is 0.455 e. The Morgan fingerprint density at radius 1 is 0.321 bits per heavy atom. The summed E-state index contributed by atoms with van der Waals surface area (Å²) in [4.78, 5) is 10.3. The number of rotatable bonds is 3. The molecular weight excluding hydrogens is 645 g/mol. The molecule has 0 saturated carbocycles. The highest BCUT2D eigenvalue weighted by Gasteiger charge is 2.23. The van der Waals surface area contributed by atoms with Crippen LogP contribution in [0.4, 0.5) is 0 Å². The Balaban J connectivity index is 1.29. The summed E-state index contributed by atoms with van der Waals surface area (Å²) in [5, 5.41) is 2.17. The van der Waals surface area contributed by atoms with Crippen molar-refractivity contribution in [2.24, 2.45) is 0 Å². The first-order valence-electron chi connectivity index (χ1n) is 17.9. The van der Waals surface area contributed by atoms with Gasteiger partial charge in [-0.3, -0.25) is 0 Å². The van der Waals surface area contributed by atoms with Crippen molar-refractivity contribution < 1.29 is 4.74 Å². The van der Waals surface area contributed by atoms with Crippen molar-refractivity contribution in [2.75, 3.05) is 0 Å². The minimum Gasteiger partial charge on any atom is -0.455 e. The SMILES string of the molecule is c1ccc(-c2cc(-c3ccc4c(c3)-c3ccc5ccccc5c3Oc3ccccc3-c3ccccc3-c3ccccc3-4)nc(-c3ccccc3)n2)cc1. The highest BCUT2D eigenvalue weighted by Crippen LogP contribution is 2.50. The van der Waals surface area contributed by atoms with E-state index < -0.39 is 0 Å². The predicted octanol–water partition coefficient (Wildman–Crippen LogP) is 13.4. The predicted molar refractivity (Wildman–Crippen MR) is 218 cm³/mol. The molecule has 0 spiro atoms. The maximum Gasteiger partial charge on any atom is 0.160 e. The van der Waals surface area contributed by atoms with Crippen molar-refractivity contribution in [3.8, 4) is 89.9 Å². The zero-order chi connectivity index (χ0) is 35.1. The molecule has 248 valence electrons. The number of benzene rings is 8. The molecule has 1 aromatic heterocycles. The highest BCUT2D eigenvalue weighted by atomic mass is 16.5. The Morgan fingerprint density at radius 3 is 1.53 bits per heavy atom. The fourth-order valence-corrected chi connectivity index (χ4v) is 7.59. The van der Waals surface area contributed by atoms with Crippen LogP contribution in [0.5, 0.6) is 11.5 Å². The minimum atomic E-state index is 0.687. The Bertz CT molecular complexity index is 2750. The fraction of sp³-hybridized carbons (Fsp3) is 0. The molecule has 0 unspecified atom stereocenters. The van der Waals surface area contributed by atoms with E-state index in [-0.39, 0.29) is 0 Å². The van der Waals surface area contributed by atoms with E-state index in [9.17, 15) is 0 Å². The average molecular weight is 677 g/mol. The van der Waals surface area contributed by atoms with E-state index in [0.29, 0.717) is 5.82 Å². The van der Waals surface area contributed by atoms with E-state index in [1.54, 1.807) is 0 Å². The monoisotopic (exact) mass is 676 g/mol. The van der Waals surface area contributed by atoms with E-state index >= 15 is 0 Å². The van der Waals surface area contributed by atoms with Gasteiger partial charge in [0.2, 0.25) is 0 Å². The molecule has 0 atom stereocenters. The summed E-state index contributed by atoms with van der Waals surface area (Å²) in [6.07, 6.45) is 0. The third-order valence-electron chi connectivity index (χ3n) is 10.1. The molecule has 1 aliphatic rings. The van der Waals surface area contributed by atoms with Gasteiger partial charge in [-0.2, -0.15) is 0 Å². The Labute approximate surface area is 308 Å². The van der Waals surface area contributed by atoms with Gasteiger partial charge in [0, 0.05) is 33.2 Å². The molecule has 3 nitrogen and oxygen atoms in total. The van der Waals surface area contributed by atoms with Crippen LogP contribution in [0.25, 0.3) is 89.2 Å². The molecule has 0 amide bonds. The fourth-order valence-electron chi connectivity index (χ4n) is 7.59. The standard InChI is InChI=1S/C50H32N2O/c1-3-16-34(17-4-1)46-32-47(52-50(51-46)35-18-5-2-6-19-35)36-28-29-42-40-23-10-9-21-38(40)39-22-11-12-24-41(39)43-25-13-14-26-48(43)53-49-37-20-8-7-15-33(37)27-30-44(49)45(42)31-36/h1-32H. The van der Waals surface area contributed by atoms with Gasteiger partial charge in [0.15, 0.2) is 5.82 Å². The lowest BCUT2D eigenvalue weighted by molar-refractivity contribution is 0.492. The van der Waals surface area contributed by atoms with Crippen LogP contribution in [0.2, 0.25) is 0 Å². The molecule has 3 heteroatoms. The smallest absolute Gasteiger partial charge is 0.160 e. The van der Waals surface area contributed by atoms with Crippen molar-refractivity contribution in [3.63, 3.8) is 0 Å². The van der Waals surface area contributed by atoms with Crippen LogP contribution in [0.15, 0.2) is 194 Å². The van der Waals surface area contributed by atoms with Gasteiger partial charge in [0.05, 0.1) is 11.4 Å². The first-order chi connectivity index (χ1) is 26.3. The highest BCUT2D eigenvalue weighted by molar-refractivity contribution is 6.03. The zero-order valence-electron chi connectivity index (χ0n) is 28.8. The number of hydrogen-bond donors (Lipinski definition) is 0. The number of fused-ring (bicyclic) bond motifs is 11. The van der Waals surface area contributed by atoms with Crippen molar-refractivity contribution in [1.29, 1.82) is 0 Å². The van der Waals surface area contributed by atoms with Gasteiger partial charge >= 0.3 is 0 Å². The van der Waals surface area contributed by atoms with Gasteiger partial charge in [0.25, 0.3) is 0 Å². The molecule has 0 radical (unpaired) electrons. The topological polar surface area (TPSA) is 35.0 Å². The lowest BCUT2D eigenvalue weighted by Crippen LogP contribution is -1.97. The van der Waals surface area contributed by atoms with E-state index in [0.717, 1.165) is 94.9 Å². The molecular formula is C50H32N2O. The summed E-state index contributed by atoms with van der Waals surface area (Å²) in [5.41, 5.74) is 13.6. The maximum absolute atomic E-state index is 7.17. The second-order valence-corrected chi connectivity index (χ2v) is 13.3. The molecule has 10 rings (SSSR count). The number of nitrogens with zero attached hydrogens (tertiary/aromatic N) is 2. The first-order valence-corrected chi connectivity index (χ1v) is 17.9. The summed E-state index contributed by atoms with van der Waals surface area (Å²) in [5.74, 6) is 2.32. The van der Waals surface area contributed by atoms with Crippen molar-refractivity contribution in [2.45, 2.75) is 0 Å². The zero-order valence-corrected chi connectivity index (χ0v) is 28.8. The van der Waals surface area contributed by atoms with E-state index in [1.807, 2.05) is 36.4 Å². The Kier molecular flexibility index (Phi) is 7.47. The average Bonchev–Trinajstić information content (AvgIpc) is 3.25. The van der Waals surface area contributed by atoms with Gasteiger partial charge < -0.3 is 4.74 Å². The third kappa shape index (κ3) is 5.47. The number of hydrogen-bond acceptors (Lipinski definition) is 3. The van der Waals surface area contributed by atoms with Crippen molar-refractivity contribution >= 4 is 10.8 Å². The molecule has 0 N–H and O–H groups in total. The molecule has 0 bridgehead atoms. The minimum absolute atomic E-state index is 0.687. The quantitative estimate of drug-likeness (QED) is 0.187. The summed E-state index contributed by atoms with van der Waals surface area (Å²) in [6.45, 7) is 0. The number of ether oxygens (including phenoxy) is 1. The van der Waals surface area contributed by atoms with Crippen LogP contribution in [0.3, 0.4) is 0 Å². The van der Waals surface area contributed by atoms with E-state index in [4.69, 9.17) is 14.7 Å². The Morgan fingerprint density at radius 2 is 0.830 bits per heavy atom. The first kappa shape index (κ1) is 30.7. The summed E-state index contributed by atoms with van der Waals surface area (Å²) in [7, 11) is 0. The second-order valence-electron chi connectivity index (χ2n) is 13.3. The van der Waals surface area contributed by atoms with Crippen LogP contribution < -0.4 is 4.74 Å². The Hall–Kier alpha value is -7.10. The normalized spacial score (nSPS) is 11.5. The lowest BCUT2D eigenvalue weighted by atomic mass is 9.85. The summed E-state index contributed by atoms with van der Waals surface area (Å²) < 4.78 is 7.17. The van der Waals surface area contributed by atoms with Crippen molar-refractivity contribution in [1.82, 2.24) is 9.97 Å². The molecule has 0 fully saturated rings. The molecule has 53 heavy (non-hydrogen) atoms. The molecule has 0 aliphatic carbocycles. The van der Waals surface area contributed by atoms with Gasteiger partial charge in [0.1, 0.15) is 11.5 Å². The van der Waals surface area contributed by atoms with Crippen LogP contribution in [-0.4, -0.2) is 9.97 Å². The molecule has 9 aromatic rings. The second kappa shape index (κ2) is 12.9. The van der Waals surface area contributed by atoms with Gasteiger partial charge in [-0.15, -0.1) is 0 Å². The van der Waals surface area contributed by atoms with E-state index in [1.165, 1.54) is 0 Å². The van der Waals surface area contributed by atoms with Gasteiger partial charge in [-0.05, 0) is 63.0 Å². The van der Waals surface area contributed by atoms with Gasteiger partial charge in [-0.1, -0.05) is 170 Å². The van der Waals surface area contributed by atoms with Crippen LogP contribution in [0, 0.1) is 0 Å². The van der Waals surface area contributed by atoms with Crippen molar-refractivity contribution in [3.05, 3.63) is 194 Å². The van der Waals surface area contributed by atoms with Gasteiger partial charge in [-0.25, -0.2) is 9.97 Å². The number of para-hydroxylation sites is 1. The maximum atomic E-state index is 7.17. The molecule has 8 aromatic carbocycles. The molecule has 2 heterocycles. The van der Waals surface area contributed by atoms with Crippen LogP contribution in [-0.2, 0) is 0 Å². The molecule has 0 saturated heterocycles. The summed E-state index contributed by atoms with van der Waals surface area (Å²) in [6, 6.07) is 68.0. The third-order valence-corrected chi connectivity index (χ3v) is 10.1.